The molecule has 18 heavy (non-hydrogen) atoms. The maximum Gasteiger partial charge on any atom is 0.409 e. The third-order valence-electron chi connectivity index (χ3n) is 1.74. The number of rotatable bonds is 3. The first-order valence-corrected chi connectivity index (χ1v) is 5.93. The van der Waals surface area contributed by atoms with Gasteiger partial charge in [0, 0.05) is 17.8 Å². The normalized spacial score (nSPS) is 8.83. The largest absolute Gasteiger partial charge is 0.465 e. The predicted octanol–water partition coefficient (Wildman–Crippen LogP) is 2.94. The molecule has 0 saturated carbocycles. The predicted molar refractivity (Wildman–Crippen MR) is 72.1 cm³/mol. The number of hydrogen-bond acceptors (Lipinski definition) is 2. The van der Waals surface area contributed by atoms with Crippen LogP contribution in [0.25, 0.3) is 0 Å². The summed E-state index contributed by atoms with van der Waals surface area (Å²) in [5, 5.41) is 13.3. The van der Waals surface area contributed by atoms with Gasteiger partial charge in [-0.3, -0.25) is 10.1 Å². The maximum atomic E-state index is 11.3. The van der Waals surface area contributed by atoms with E-state index < -0.39 is 6.09 Å². The Bertz CT molecular complexity index is 374. The van der Waals surface area contributed by atoms with Crippen LogP contribution in [0.2, 0.25) is 0 Å². The molecule has 2 amide bonds. The highest BCUT2D eigenvalue weighted by molar-refractivity contribution is 5.94. The summed E-state index contributed by atoms with van der Waals surface area (Å²) in [6.07, 6.45) is 0.126. The van der Waals surface area contributed by atoms with Crippen molar-refractivity contribution in [3.8, 4) is 0 Å². The number of nitrogens with one attached hydrogen (secondary N) is 2. The van der Waals surface area contributed by atoms with Gasteiger partial charge in [-0.15, -0.1) is 0 Å². The molecular formula is C13H20N2O3. The van der Waals surface area contributed by atoms with Gasteiger partial charge in [-0.25, -0.2) is 4.79 Å². The van der Waals surface area contributed by atoms with E-state index in [2.05, 4.69) is 24.5 Å². The first-order valence-electron chi connectivity index (χ1n) is 5.93. The second-order valence-corrected chi connectivity index (χ2v) is 3.57. The summed E-state index contributed by atoms with van der Waals surface area (Å²) >= 11 is 0. The van der Waals surface area contributed by atoms with Crippen molar-refractivity contribution in [2.45, 2.75) is 27.2 Å². The van der Waals surface area contributed by atoms with Crippen molar-refractivity contribution in [2.24, 2.45) is 0 Å². The van der Waals surface area contributed by atoms with Gasteiger partial charge in [0.25, 0.3) is 5.91 Å². The maximum absolute atomic E-state index is 11.3. The third-order valence-corrected chi connectivity index (χ3v) is 1.74. The minimum absolute atomic E-state index is 0.167. The molecule has 0 fully saturated rings. The van der Waals surface area contributed by atoms with Crippen molar-refractivity contribution in [2.75, 3.05) is 11.9 Å². The molecule has 0 aliphatic heterocycles. The third kappa shape index (κ3) is 6.52. The molecule has 1 aromatic rings. The number of amides is 2. The van der Waals surface area contributed by atoms with E-state index in [0.717, 1.165) is 0 Å². The van der Waals surface area contributed by atoms with Gasteiger partial charge in [0.05, 0.1) is 0 Å². The van der Waals surface area contributed by atoms with E-state index in [-0.39, 0.29) is 5.91 Å². The molecule has 5 nitrogen and oxygen atoms in total. The molecule has 5 heteroatoms. The van der Waals surface area contributed by atoms with Crippen LogP contribution in [-0.2, 0) is 0 Å². The van der Waals surface area contributed by atoms with Gasteiger partial charge < -0.3 is 10.4 Å². The zero-order chi connectivity index (χ0) is 14.0. The van der Waals surface area contributed by atoms with Gasteiger partial charge in [-0.05, 0) is 31.2 Å². The van der Waals surface area contributed by atoms with Crippen LogP contribution < -0.4 is 10.6 Å². The van der Waals surface area contributed by atoms with E-state index in [1.54, 1.807) is 24.3 Å². The van der Waals surface area contributed by atoms with E-state index in [4.69, 9.17) is 5.11 Å². The van der Waals surface area contributed by atoms with E-state index in [9.17, 15) is 9.59 Å². The monoisotopic (exact) mass is 252 g/mol. The molecule has 0 aliphatic rings. The summed E-state index contributed by atoms with van der Waals surface area (Å²) < 4.78 is 0. The second kappa shape index (κ2) is 9.04. The minimum atomic E-state index is -1.12. The Balaban J connectivity index is 0.000000873. The molecule has 1 aromatic carbocycles. The van der Waals surface area contributed by atoms with Crippen LogP contribution in [-0.4, -0.2) is 23.7 Å². The molecule has 3 N–H and O–H groups in total. The van der Waals surface area contributed by atoms with Crippen molar-refractivity contribution in [1.29, 1.82) is 0 Å². The fourth-order valence-corrected chi connectivity index (χ4v) is 1.09. The standard InChI is InChI=1S/C10H12N2O3.C3H8/c1-2-11-9(13)7-3-5-8(6-4-7)12-10(14)15;1-3-2/h3-6,12H,2H2,1H3,(H,11,13)(H,14,15);3H2,1-2H3. The molecular weight excluding hydrogens is 232 g/mol. The molecule has 0 atom stereocenters. The topological polar surface area (TPSA) is 78.4 Å². The zero-order valence-corrected chi connectivity index (χ0v) is 11.0. The van der Waals surface area contributed by atoms with Crippen molar-refractivity contribution in [3.63, 3.8) is 0 Å². The van der Waals surface area contributed by atoms with Crippen LogP contribution in [0.15, 0.2) is 24.3 Å². The number of anilines is 1. The number of carboxylic acid groups (broad SMARTS) is 1. The summed E-state index contributed by atoms with van der Waals surface area (Å²) in [6, 6.07) is 6.21. The Kier molecular flexibility index (Phi) is 8.01. The highest BCUT2D eigenvalue weighted by Gasteiger charge is 2.03. The first-order chi connectivity index (χ1) is 8.54. The molecule has 0 aliphatic carbocycles. The number of hydrogen-bond donors (Lipinski definition) is 3. The van der Waals surface area contributed by atoms with Gasteiger partial charge in [0.2, 0.25) is 0 Å². The zero-order valence-electron chi connectivity index (χ0n) is 11.0. The Labute approximate surface area is 107 Å². The smallest absolute Gasteiger partial charge is 0.409 e. The Morgan fingerprint density at radius 3 is 2.00 bits per heavy atom. The molecule has 0 bridgehead atoms. The second-order valence-electron chi connectivity index (χ2n) is 3.57. The quantitative estimate of drug-likeness (QED) is 0.773. The highest BCUT2D eigenvalue weighted by atomic mass is 16.4. The Morgan fingerprint density at radius 2 is 1.61 bits per heavy atom. The van der Waals surface area contributed by atoms with Crippen LogP contribution in [0.5, 0.6) is 0 Å². The fourth-order valence-electron chi connectivity index (χ4n) is 1.09. The summed E-state index contributed by atoms with van der Waals surface area (Å²) in [4.78, 5) is 21.6. The summed E-state index contributed by atoms with van der Waals surface area (Å²) in [6.45, 7) is 6.65. The van der Waals surface area contributed by atoms with Crippen LogP contribution in [0.4, 0.5) is 10.5 Å². The number of benzene rings is 1. The molecule has 0 spiro atoms. The van der Waals surface area contributed by atoms with E-state index in [1.807, 2.05) is 6.92 Å². The van der Waals surface area contributed by atoms with Crippen molar-refractivity contribution in [3.05, 3.63) is 29.8 Å². The van der Waals surface area contributed by atoms with Gasteiger partial charge in [-0.1, -0.05) is 20.3 Å². The van der Waals surface area contributed by atoms with Gasteiger partial charge in [0.15, 0.2) is 0 Å². The van der Waals surface area contributed by atoms with E-state index in [0.29, 0.717) is 17.8 Å². The molecule has 0 aromatic heterocycles. The highest BCUT2D eigenvalue weighted by Crippen LogP contribution is 2.09. The number of carbonyl (C=O) groups excluding carboxylic acids is 1. The molecule has 0 saturated heterocycles. The van der Waals surface area contributed by atoms with Crippen molar-refractivity contribution in [1.82, 2.24) is 5.32 Å². The van der Waals surface area contributed by atoms with Crippen LogP contribution in [0, 0.1) is 0 Å². The lowest BCUT2D eigenvalue weighted by atomic mass is 10.2. The Morgan fingerprint density at radius 1 is 1.11 bits per heavy atom. The molecule has 0 radical (unpaired) electrons. The van der Waals surface area contributed by atoms with Crippen LogP contribution in [0.1, 0.15) is 37.6 Å². The van der Waals surface area contributed by atoms with E-state index >= 15 is 0 Å². The lowest BCUT2D eigenvalue weighted by Crippen LogP contribution is -2.22. The first kappa shape index (κ1) is 16.0. The van der Waals surface area contributed by atoms with Crippen LogP contribution in [0.3, 0.4) is 0 Å². The average molecular weight is 252 g/mol. The van der Waals surface area contributed by atoms with Crippen molar-refractivity contribution < 1.29 is 14.7 Å². The molecule has 0 heterocycles. The average Bonchev–Trinajstić information content (AvgIpc) is 2.30. The van der Waals surface area contributed by atoms with Gasteiger partial charge >= 0.3 is 6.09 Å². The summed E-state index contributed by atoms with van der Waals surface area (Å²) in [5.41, 5.74) is 0.948. The van der Waals surface area contributed by atoms with Crippen molar-refractivity contribution >= 4 is 17.7 Å². The fraction of sp³-hybridized carbons (Fsp3) is 0.385. The van der Waals surface area contributed by atoms with E-state index in [1.165, 1.54) is 6.42 Å². The minimum Gasteiger partial charge on any atom is -0.465 e. The molecule has 100 valence electrons. The Hall–Kier alpha value is -2.04. The summed E-state index contributed by atoms with van der Waals surface area (Å²) in [5.74, 6) is -0.167. The van der Waals surface area contributed by atoms with Gasteiger partial charge in [-0.2, -0.15) is 0 Å². The van der Waals surface area contributed by atoms with Crippen LogP contribution >= 0.6 is 0 Å². The number of carbonyl (C=O) groups is 2. The summed E-state index contributed by atoms with van der Waals surface area (Å²) in [7, 11) is 0. The van der Waals surface area contributed by atoms with Gasteiger partial charge in [0.1, 0.15) is 0 Å². The SMILES string of the molecule is CCC.CCNC(=O)c1ccc(NC(=O)O)cc1. The molecule has 0 unspecified atom stereocenters. The lowest BCUT2D eigenvalue weighted by molar-refractivity contribution is 0.0956. The lowest BCUT2D eigenvalue weighted by Gasteiger charge is -2.03. The molecule has 1 rings (SSSR count).